The van der Waals surface area contributed by atoms with E-state index in [9.17, 15) is 14.7 Å². The number of nitrogens with zero attached hydrogens (tertiary/aromatic N) is 1. The Morgan fingerprint density at radius 3 is 2.70 bits per heavy atom. The normalized spacial score (nSPS) is 16.0. The zero-order chi connectivity index (χ0) is 23.2. The zero-order valence-electron chi connectivity index (χ0n) is 17.9. The standard InChI is InChI=1S/C24H24FN3O5/c25-17-18(26)16-20-22(19(17)27-10-11-32-14-6-2-1-3-7-14)33-13-24(8-4-5-9-24)28(20)12-15(21(16)29)23(30)31/h1-3,6-7,12,27H,4-5,8-11,13,26H2,(H,30,31). The lowest BCUT2D eigenvalue weighted by Gasteiger charge is -2.39. The molecule has 0 unspecified atom stereocenters. The van der Waals surface area contributed by atoms with Crippen LogP contribution in [0, 0.1) is 5.82 Å². The van der Waals surface area contributed by atoms with E-state index in [0.717, 1.165) is 25.7 Å². The molecule has 1 aliphatic carbocycles. The summed E-state index contributed by atoms with van der Waals surface area (Å²) in [6, 6.07) is 9.23. The average Bonchev–Trinajstić information content (AvgIpc) is 3.28. The van der Waals surface area contributed by atoms with Crippen molar-refractivity contribution in [1.82, 2.24) is 4.57 Å². The third-order valence-corrected chi connectivity index (χ3v) is 6.55. The van der Waals surface area contributed by atoms with E-state index in [1.807, 2.05) is 30.3 Å². The molecular formula is C24H24FN3O5. The summed E-state index contributed by atoms with van der Waals surface area (Å²) >= 11 is 0. The summed E-state index contributed by atoms with van der Waals surface area (Å²) in [5.41, 5.74) is 4.34. The quantitative estimate of drug-likeness (QED) is 0.386. The Morgan fingerprint density at radius 1 is 1.27 bits per heavy atom. The largest absolute Gasteiger partial charge is 0.492 e. The number of benzene rings is 2. The number of anilines is 2. The van der Waals surface area contributed by atoms with Crippen molar-refractivity contribution in [2.75, 3.05) is 30.8 Å². The van der Waals surface area contributed by atoms with Crippen LogP contribution in [0.15, 0.2) is 41.3 Å². The summed E-state index contributed by atoms with van der Waals surface area (Å²) < 4.78 is 28.9. The van der Waals surface area contributed by atoms with Crippen LogP contribution in [0.3, 0.4) is 0 Å². The van der Waals surface area contributed by atoms with Crippen molar-refractivity contribution >= 4 is 28.2 Å². The van der Waals surface area contributed by atoms with Gasteiger partial charge in [-0.25, -0.2) is 9.18 Å². The summed E-state index contributed by atoms with van der Waals surface area (Å²) in [4.78, 5) is 24.8. The minimum absolute atomic E-state index is 0.0423. The number of aromatic nitrogens is 1. The van der Waals surface area contributed by atoms with Crippen molar-refractivity contribution in [2.45, 2.75) is 31.2 Å². The van der Waals surface area contributed by atoms with Gasteiger partial charge >= 0.3 is 5.97 Å². The zero-order valence-corrected chi connectivity index (χ0v) is 17.9. The number of carboxylic acid groups (broad SMARTS) is 1. The van der Waals surface area contributed by atoms with Gasteiger partial charge < -0.3 is 30.2 Å². The number of carbonyl (C=O) groups is 1. The molecule has 0 radical (unpaired) electrons. The fourth-order valence-electron chi connectivity index (χ4n) is 4.93. The van der Waals surface area contributed by atoms with Crippen molar-refractivity contribution in [3.05, 3.63) is 58.1 Å². The van der Waals surface area contributed by atoms with Gasteiger partial charge in [0.15, 0.2) is 11.6 Å². The van der Waals surface area contributed by atoms with Crippen LogP contribution in [-0.4, -0.2) is 35.4 Å². The molecule has 0 bridgehead atoms. The van der Waals surface area contributed by atoms with E-state index in [1.165, 1.54) is 6.20 Å². The van der Waals surface area contributed by atoms with E-state index in [1.54, 1.807) is 4.57 Å². The minimum Gasteiger partial charge on any atom is -0.492 e. The number of para-hydroxylation sites is 1. The number of halogens is 1. The maximum absolute atomic E-state index is 15.4. The van der Waals surface area contributed by atoms with E-state index >= 15 is 4.39 Å². The van der Waals surface area contributed by atoms with Crippen molar-refractivity contribution in [3.8, 4) is 11.5 Å². The molecule has 1 aromatic heterocycles. The Balaban J connectivity index is 1.60. The Labute approximate surface area is 188 Å². The average molecular weight is 453 g/mol. The van der Waals surface area contributed by atoms with Crippen molar-refractivity contribution in [2.24, 2.45) is 0 Å². The fourth-order valence-corrected chi connectivity index (χ4v) is 4.93. The number of nitrogen functional groups attached to an aromatic ring is 1. The second kappa shape index (κ2) is 7.99. The van der Waals surface area contributed by atoms with Crippen LogP contribution in [0.5, 0.6) is 11.5 Å². The molecule has 3 aromatic rings. The first-order valence-corrected chi connectivity index (χ1v) is 10.9. The Kier molecular flexibility index (Phi) is 5.11. The van der Waals surface area contributed by atoms with Gasteiger partial charge in [0, 0.05) is 12.7 Å². The minimum atomic E-state index is -1.37. The molecule has 4 N–H and O–H groups in total. The van der Waals surface area contributed by atoms with E-state index in [-0.39, 0.29) is 42.3 Å². The molecule has 2 heterocycles. The molecule has 1 aliphatic heterocycles. The molecule has 0 saturated heterocycles. The van der Waals surface area contributed by atoms with Gasteiger partial charge in [0.2, 0.25) is 5.43 Å². The van der Waals surface area contributed by atoms with Crippen LogP contribution in [0.2, 0.25) is 0 Å². The molecule has 1 spiro atoms. The summed E-state index contributed by atoms with van der Waals surface area (Å²) in [7, 11) is 0. The Morgan fingerprint density at radius 2 is 2.00 bits per heavy atom. The topological polar surface area (TPSA) is 116 Å². The predicted octanol–water partition coefficient (Wildman–Crippen LogP) is 3.57. The SMILES string of the molecule is Nc1c(F)c(NCCOc2ccccc2)c2c3c1c(=O)c(C(=O)O)cn3C1(CCCC1)CO2. The van der Waals surface area contributed by atoms with Gasteiger partial charge in [0.1, 0.15) is 30.2 Å². The summed E-state index contributed by atoms with van der Waals surface area (Å²) in [6.45, 7) is 0.779. The second-order valence-electron chi connectivity index (χ2n) is 8.51. The molecule has 0 amide bonds. The number of rotatable bonds is 6. The number of fused-ring (bicyclic) bond motifs is 1. The number of pyridine rings is 1. The Hall–Kier alpha value is -3.75. The first kappa shape index (κ1) is 21.1. The van der Waals surface area contributed by atoms with Crippen LogP contribution in [0.4, 0.5) is 15.8 Å². The number of hydrogen-bond acceptors (Lipinski definition) is 6. The molecule has 1 saturated carbocycles. The first-order chi connectivity index (χ1) is 15.9. The van der Waals surface area contributed by atoms with Crippen molar-refractivity contribution in [3.63, 3.8) is 0 Å². The predicted molar refractivity (Wildman–Crippen MR) is 122 cm³/mol. The highest BCUT2D eigenvalue weighted by atomic mass is 19.1. The molecule has 172 valence electrons. The van der Waals surface area contributed by atoms with Crippen LogP contribution < -0.4 is 26.0 Å². The number of hydrogen-bond donors (Lipinski definition) is 3. The summed E-state index contributed by atoms with van der Waals surface area (Å²) in [5.74, 6) is -1.35. The third kappa shape index (κ3) is 3.35. The monoisotopic (exact) mass is 453 g/mol. The van der Waals surface area contributed by atoms with Gasteiger partial charge in [-0.1, -0.05) is 31.0 Å². The van der Waals surface area contributed by atoms with E-state index in [0.29, 0.717) is 11.3 Å². The molecular weight excluding hydrogens is 429 g/mol. The molecule has 1 fully saturated rings. The van der Waals surface area contributed by atoms with Gasteiger partial charge in [0.05, 0.1) is 22.1 Å². The molecule has 8 nitrogen and oxygen atoms in total. The van der Waals surface area contributed by atoms with Gasteiger partial charge in [-0.3, -0.25) is 4.79 Å². The van der Waals surface area contributed by atoms with Crippen LogP contribution in [-0.2, 0) is 5.54 Å². The van der Waals surface area contributed by atoms with Crippen molar-refractivity contribution in [1.29, 1.82) is 0 Å². The van der Waals surface area contributed by atoms with Crippen molar-refractivity contribution < 1.29 is 23.8 Å². The van der Waals surface area contributed by atoms with Gasteiger partial charge in [-0.2, -0.15) is 0 Å². The maximum Gasteiger partial charge on any atom is 0.341 e. The summed E-state index contributed by atoms with van der Waals surface area (Å²) in [5, 5.41) is 12.5. The highest BCUT2D eigenvalue weighted by Crippen LogP contribution is 2.48. The number of aromatic carboxylic acids is 1. The van der Waals surface area contributed by atoms with Gasteiger partial charge in [0.25, 0.3) is 0 Å². The van der Waals surface area contributed by atoms with Crippen LogP contribution in [0.1, 0.15) is 36.0 Å². The molecule has 2 aliphatic rings. The van der Waals surface area contributed by atoms with Gasteiger partial charge in [-0.15, -0.1) is 0 Å². The second-order valence-corrected chi connectivity index (χ2v) is 8.51. The molecule has 9 heteroatoms. The van der Waals surface area contributed by atoms with Crippen LogP contribution in [0.25, 0.3) is 10.9 Å². The molecule has 5 rings (SSSR count). The molecule has 0 atom stereocenters. The number of nitrogens with one attached hydrogen (secondary N) is 1. The lowest BCUT2D eigenvalue weighted by Crippen LogP contribution is -2.42. The highest BCUT2D eigenvalue weighted by molar-refractivity contribution is 6.03. The van der Waals surface area contributed by atoms with E-state index in [2.05, 4.69) is 5.32 Å². The number of ether oxygens (including phenoxy) is 2. The lowest BCUT2D eigenvalue weighted by atomic mass is 9.93. The molecule has 33 heavy (non-hydrogen) atoms. The van der Waals surface area contributed by atoms with E-state index in [4.69, 9.17) is 15.2 Å². The fraction of sp³-hybridized carbons (Fsp3) is 0.333. The number of carboxylic acids is 1. The third-order valence-electron chi connectivity index (χ3n) is 6.55. The summed E-state index contributed by atoms with van der Waals surface area (Å²) in [6.07, 6.45) is 4.81. The maximum atomic E-state index is 15.4. The number of nitrogens with two attached hydrogens (primary N) is 1. The first-order valence-electron chi connectivity index (χ1n) is 10.9. The van der Waals surface area contributed by atoms with E-state index < -0.39 is 28.3 Å². The highest BCUT2D eigenvalue weighted by Gasteiger charge is 2.43. The van der Waals surface area contributed by atoms with Crippen LogP contribution >= 0.6 is 0 Å². The molecule has 2 aromatic carbocycles. The van der Waals surface area contributed by atoms with Gasteiger partial charge in [-0.05, 0) is 25.0 Å². The lowest BCUT2D eigenvalue weighted by molar-refractivity contribution is 0.0692. The smallest absolute Gasteiger partial charge is 0.341 e. The Bertz CT molecular complexity index is 1300.